The normalized spacial score (nSPS) is 10.3. The van der Waals surface area contributed by atoms with Gasteiger partial charge in [-0.05, 0) is 24.1 Å². The van der Waals surface area contributed by atoms with Crippen molar-refractivity contribution in [2.45, 2.75) is 6.42 Å². The van der Waals surface area contributed by atoms with Crippen LogP contribution in [0, 0.1) is 0 Å². The zero-order valence-corrected chi connectivity index (χ0v) is 12.7. The highest BCUT2D eigenvalue weighted by Crippen LogP contribution is 2.25. The average Bonchev–Trinajstić information content (AvgIpc) is 2.60. The number of hydrogen-bond donors (Lipinski definition) is 3. The van der Waals surface area contributed by atoms with Gasteiger partial charge in [0.2, 0.25) is 0 Å². The minimum Gasteiger partial charge on any atom is -0.393 e. The Labute approximate surface area is 135 Å². The summed E-state index contributed by atoms with van der Waals surface area (Å²) in [5.41, 5.74) is 8.89. The van der Waals surface area contributed by atoms with Gasteiger partial charge in [-0.2, -0.15) is 0 Å². The molecule has 0 saturated heterocycles. The fourth-order valence-corrected chi connectivity index (χ4v) is 2.26. The number of anilines is 4. The number of rotatable bonds is 6. The van der Waals surface area contributed by atoms with Crippen molar-refractivity contribution in [3.63, 3.8) is 0 Å². The van der Waals surface area contributed by atoms with Gasteiger partial charge in [0.15, 0.2) is 11.6 Å². The highest BCUT2D eigenvalue weighted by Gasteiger charge is 2.07. The number of nitrogens with two attached hydrogens (primary N) is 1. The second kappa shape index (κ2) is 7.26. The molecule has 5 heteroatoms. The van der Waals surface area contributed by atoms with Gasteiger partial charge in [-0.3, -0.25) is 0 Å². The molecule has 3 rings (SSSR count). The van der Waals surface area contributed by atoms with Gasteiger partial charge in [0.25, 0.3) is 0 Å². The predicted octanol–water partition coefficient (Wildman–Crippen LogP) is 3.46. The Balaban J connectivity index is 1.65. The van der Waals surface area contributed by atoms with Gasteiger partial charge in [-0.1, -0.05) is 48.5 Å². The van der Waals surface area contributed by atoms with E-state index in [-0.39, 0.29) is 0 Å². The molecular weight excluding hydrogens is 286 g/mol. The van der Waals surface area contributed by atoms with Crippen LogP contribution in [0.1, 0.15) is 5.56 Å². The first-order valence-corrected chi connectivity index (χ1v) is 7.53. The number of para-hydroxylation sites is 1. The number of hydrogen-bond acceptors (Lipinski definition) is 5. The second-order valence-corrected chi connectivity index (χ2v) is 5.14. The van der Waals surface area contributed by atoms with Crippen LogP contribution in [0.25, 0.3) is 0 Å². The number of nitrogens with zero attached hydrogens (tertiary/aromatic N) is 2. The molecule has 3 aromatic rings. The fourth-order valence-electron chi connectivity index (χ4n) is 2.26. The van der Waals surface area contributed by atoms with Gasteiger partial charge < -0.3 is 16.4 Å². The molecule has 0 radical (unpaired) electrons. The first-order chi connectivity index (χ1) is 11.3. The summed E-state index contributed by atoms with van der Waals surface area (Å²) in [4.78, 5) is 8.44. The molecule has 0 aliphatic carbocycles. The Hall–Kier alpha value is -3.08. The summed E-state index contributed by atoms with van der Waals surface area (Å²) >= 11 is 0. The molecule has 4 N–H and O–H groups in total. The third kappa shape index (κ3) is 3.97. The summed E-state index contributed by atoms with van der Waals surface area (Å²) in [7, 11) is 0. The minimum absolute atomic E-state index is 0.518. The molecule has 0 amide bonds. The Morgan fingerprint density at radius 3 is 2.22 bits per heavy atom. The first-order valence-electron chi connectivity index (χ1n) is 7.53. The molecule has 0 fully saturated rings. The molecule has 0 bridgehead atoms. The lowest BCUT2D eigenvalue weighted by molar-refractivity contribution is 1.00. The van der Waals surface area contributed by atoms with Gasteiger partial charge in [0.05, 0.1) is 0 Å². The summed E-state index contributed by atoms with van der Waals surface area (Å²) in [6.07, 6.45) is 2.41. The molecule has 0 spiro atoms. The molecule has 0 aliphatic rings. The van der Waals surface area contributed by atoms with Crippen molar-refractivity contribution < 1.29 is 0 Å². The molecule has 0 unspecified atom stereocenters. The zero-order chi connectivity index (χ0) is 15.9. The summed E-state index contributed by atoms with van der Waals surface area (Å²) in [6.45, 7) is 0.760. The minimum atomic E-state index is 0.518. The maximum absolute atomic E-state index is 6.16. The SMILES string of the molecule is Nc1c(NCCc2ccccc2)ncnc1Nc1ccccc1. The van der Waals surface area contributed by atoms with Gasteiger partial charge in [-0.25, -0.2) is 9.97 Å². The van der Waals surface area contributed by atoms with Crippen molar-refractivity contribution >= 4 is 23.0 Å². The van der Waals surface area contributed by atoms with Crippen LogP contribution in [0.4, 0.5) is 23.0 Å². The summed E-state index contributed by atoms with van der Waals surface area (Å²) in [5, 5.41) is 6.48. The van der Waals surface area contributed by atoms with E-state index in [1.54, 1.807) is 0 Å². The quantitative estimate of drug-likeness (QED) is 0.650. The van der Waals surface area contributed by atoms with E-state index in [0.717, 1.165) is 18.7 Å². The smallest absolute Gasteiger partial charge is 0.159 e. The largest absolute Gasteiger partial charge is 0.393 e. The number of aromatic nitrogens is 2. The van der Waals surface area contributed by atoms with Crippen LogP contribution in [-0.4, -0.2) is 16.5 Å². The second-order valence-electron chi connectivity index (χ2n) is 5.14. The first kappa shape index (κ1) is 14.8. The predicted molar refractivity (Wildman–Crippen MR) is 94.8 cm³/mol. The monoisotopic (exact) mass is 305 g/mol. The maximum atomic E-state index is 6.16. The van der Waals surface area contributed by atoms with Gasteiger partial charge >= 0.3 is 0 Å². The van der Waals surface area contributed by atoms with Crippen LogP contribution in [0.5, 0.6) is 0 Å². The molecule has 1 aromatic heterocycles. The van der Waals surface area contributed by atoms with E-state index in [9.17, 15) is 0 Å². The van der Waals surface area contributed by atoms with Crippen molar-refractivity contribution in [2.75, 3.05) is 22.9 Å². The molecule has 0 atom stereocenters. The number of nitrogens with one attached hydrogen (secondary N) is 2. The number of nitrogen functional groups attached to an aromatic ring is 1. The molecule has 0 saturated carbocycles. The van der Waals surface area contributed by atoms with E-state index in [0.29, 0.717) is 17.3 Å². The lowest BCUT2D eigenvalue weighted by Gasteiger charge is -2.12. The Morgan fingerprint density at radius 1 is 0.826 bits per heavy atom. The third-order valence-electron chi connectivity index (χ3n) is 3.47. The Kier molecular flexibility index (Phi) is 4.69. The average molecular weight is 305 g/mol. The zero-order valence-electron chi connectivity index (χ0n) is 12.7. The molecule has 2 aromatic carbocycles. The van der Waals surface area contributed by atoms with Gasteiger partial charge in [-0.15, -0.1) is 0 Å². The van der Waals surface area contributed by atoms with E-state index in [2.05, 4.69) is 32.7 Å². The lowest BCUT2D eigenvalue weighted by atomic mass is 10.1. The van der Waals surface area contributed by atoms with Crippen LogP contribution >= 0.6 is 0 Å². The van der Waals surface area contributed by atoms with Gasteiger partial charge in [0.1, 0.15) is 12.0 Å². The molecule has 5 nitrogen and oxygen atoms in total. The van der Waals surface area contributed by atoms with Gasteiger partial charge in [0, 0.05) is 12.2 Å². The van der Waals surface area contributed by atoms with Crippen molar-refractivity contribution in [1.82, 2.24) is 9.97 Å². The van der Waals surface area contributed by atoms with Crippen molar-refractivity contribution in [1.29, 1.82) is 0 Å². The van der Waals surface area contributed by atoms with E-state index < -0.39 is 0 Å². The van der Waals surface area contributed by atoms with Crippen LogP contribution < -0.4 is 16.4 Å². The Morgan fingerprint density at radius 2 is 1.48 bits per heavy atom. The van der Waals surface area contributed by atoms with Crippen LogP contribution in [0.2, 0.25) is 0 Å². The summed E-state index contributed by atoms with van der Waals surface area (Å²) < 4.78 is 0. The summed E-state index contributed by atoms with van der Waals surface area (Å²) in [5.74, 6) is 1.25. The van der Waals surface area contributed by atoms with Crippen LogP contribution in [0.3, 0.4) is 0 Å². The van der Waals surface area contributed by atoms with E-state index in [1.807, 2.05) is 48.5 Å². The van der Waals surface area contributed by atoms with Crippen LogP contribution in [0.15, 0.2) is 67.0 Å². The topological polar surface area (TPSA) is 75.9 Å². The van der Waals surface area contributed by atoms with Crippen molar-refractivity contribution in [2.24, 2.45) is 0 Å². The fraction of sp³-hybridized carbons (Fsp3) is 0.111. The third-order valence-corrected chi connectivity index (χ3v) is 3.47. The Bertz CT molecular complexity index is 744. The molecule has 1 heterocycles. The number of benzene rings is 2. The molecule has 116 valence electrons. The highest BCUT2D eigenvalue weighted by molar-refractivity contribution is 5.77. The van der Waals surface area contributed by atoms with E-state index >= 15 is 0 Å². The lowest BCUT2D eigenvalue weighted by Crippen LogP contribution is -2.10. The van der Waals surface area contributed by atoms with E-state index in [4.69, 9.17) is 5.73 Å². The maximum Gasteiger partial charge on any atom is 0.159 e. The molecular formula is C18H19N5. The highest BCUT2D eigenvalue weighted by atomic mass is 15.1. The van der Waals surface area contributed by atoms with Crippen molar-refractivity contribution in [3.05, 3.63) is 72.6 Å². The standard InChI is InChI=1S/C18H19N5/c19-16-17(20-12-11-14-7-3-1-4-8-14)21-13-22-18(16)23-15-9-5-2-6-10-15/h1-10,13H,11-12,19H2,(H2,20,21,22,23). The van der Waals surface area contributed by atoms with E-state index in [1.165, 1.54) is 11.9 Å². The van der Waals surface area contributed by atoms with Crippen LogP contribution in [-0.2, 0) is 6.42 Å². The summed E-state index contributed by atoms with van der Waals surface area (Å²) in [6, 6.07) is 20.1. The van der Waals surface area contributed by atoms with Crippen molar-refractivity contribution in [3.8, 4) is 0 Å². The molecule has 23 heavy (non-hydrogen) atoms. The molecule has 0 aliphatic heterocycles.